The van der Waals surface area contributed by atoms with Gasteiger partial charge in [-0.1, -0.05) is 48.5 Å². The molecule has 0 spiro atoms. The highest BCUT2D eigenvalue weighted by Crippen LogP contribution is 2.36. The third kappa shape index (κ3) is 8.87. The van der Waals surface area contributed by atoms with Crippen molar-refractivity contribution >= 4 is 21.9 Å². The molecule has 2 atom stereocenters. The first-order valence-electron chi connectivity index (χ1n) is 15.2. The number of nitrogens with zero attached hydrogens (tertiary/aromatic N) is 2. The summed E-state index contributed by atoms with van der Waals surface area (Å²) in [5, 5.41) is 0. The predicted octanol–water partition coefficient (Wildman–Crippen LogP) is 5.86. The van der Waals surface area contributed by atoms with Gasteiger partial charge in [0.05, 0.1) is 31.5 Å². The van der Waals surface area contributed by atoms with Gasteiger partial charge in [0.1, 0.15) is 24.7 Å². The Morgan fingerprint density at radius 3 is 2.47 bits per heavy atom. The number of hydrogen-bond acceptors (Lipinski definition) is 9. The van der Waals surface area contributed by atoms with Crippen molar-refractivity contribution in [3.63, 3.8) is 0 Å². The molecule has 2 unspecified atom stereocenters. The van der Waals surface area contributed by atoms with Gasteiger partial charge in [-0.15, -0.1) is 0 Å². The molecule has 0 aliphatic carbocycles. The van der Waals surface area contributed by atoms with Gasteiger partial charge < -0.3 is 32.9 Å². The lowest BCUT2D eigenvalue weighted by Gasteiger charge is -2.38. The van der Waals surface area contributed by atoms with Crippen molar-refractivity contribution in [2.24, 2.45) is 0 Å². The number of methoxy groups -OCH3 is 1. The van der Waals surface area contributed by atoms with Crippen molar-refractivity contribution in [1.82, 2.24) is 4.90 Å². The highest BCUT2D eigenvalue weighted by atomic mass is 32.2. The normalized spacial score (nSPS) is 18.3. The van der Waals surface area contributed by atoms with Crippen molar-refractivity contribution in [2.45, 2.75) is 43.6 Å². The SMILES string of the molecule is COCCCN1CCOc2ccc(COC3CN(C(=O)OCc4ccccc4)CCC3c3ccc(OS(=O)(=O)C(F)(F)F)cc3)cc21. The van der Waals surface area contributed by atoms with E-state index in [-0.39, 0.29) is 25.7 Å². The van der Waals surface area contributed by atoms with Crippen LogP contribution in [-0.2, 0) is 37.5 Å². The van der Waals surface area contributed by atoms with Crippen molar-refractivity contribution in [1.29, 1.82) is 0 Å². The Morgan fingerprint density at radius 1 is 0.979 bits per heavy atom. The van der Waals surface area contributed by atoms with Gasteiger partial charge in [0.2, 0.25) is 0 Å². The van der Waals surface area contributed by atoms with Crippen LogP contribution in [0.5, 0.6) is 11.5 Å². The molecular weight excluding hydrogens is 641 g/mol. The largest absolute Gasteiger partial charge is 0.534 e. The fraction of sp³-hybridized carbons (Fsp3) is 0.424. The molecule has 3 aromatic carbocycles. The second kappa shape index (κ2) is 15.3. The van der Waals surface area contributed by atoms with E-state index < -0.39 is 33.6 Å². The average molecular weight is 679 g/mol. The van der Waals surface area contributed by atoms with Crippen molar-refractivity contribution in [3.8, 4) is 11.5 Å². The zero-order valence-corrected chi connectivity index (χ0v) is 26.7. The van der Waals surface area contributed by atoms with Crippen LogP contribution < -0.4 is 13.8 Å². The van der Waals surface area contributed by atoms with Gasteiger partial charge in [0.25, 0.3) is 0 Å². The summed E-state index contributed by atoms with van der Waals surface area (Å²) in [6.07, 6.45) is 0.337. The summed E-state index contributed by atoms with van der Waals surface area (Å²) in [5.41, 5.74) is -2.13. The number of amides is 1. The minimum atomic E-state index is -5.80. The van der Waals surface area contributed by atoms with Crippen LogP contribution in [0.15, 0.2) is 72.8 Å². The molecule has 10 nitrogen and oxygen atoms in total. The van der Waals surface area contributed by atoms with E-state index in [0.29, 0.717) is 31.7 Å². The third-order valence-electron chi connectivity index (χ3n) is 8.04. The molecule has 1 saturated heterocycles. The van der Waals surface area contributed by atoms with Gasteiger partial charge in [0.15, 0.2) is 0 Å². The summed E-state index contributed by atoms with van der Waals surface area (Å²) in [6.45, 7) is 3.68. The van der Waals surface area contributed by atoms with Crippen LogP contribution in [0.3, 0.4) is 0 Å². The van der Waals surface area contributed by atoms with E-state index >= 15 is 0 Å². The first-order valence-corrected chi connectivity index (χ1v) is 16.6. The highest BCUT2D eigenvalue weighted by Gasteiger charge is 2.48. The average Bonchev–Trinajstić information content (AvgIpc) is 3.06. The first-order chi connectivity index (χ1) is 22.5. The lowest BCUT2D eigenvalue weighted by Crippen LogP contribution is -2.47. The first kappa shape index (κ1) is 34.3. The van der Waals surface area contributed by atoms with Crippen molar-refractivity contribution in [2.75, 3.05) is 51.4 Å². The van der Waals surface area contributed by atoms with Crippen LogP contribution in [0.25, 0.3) is 0 Å². The van der Waals surface area contributed by atoms with E-state index in [1.165, 1.54) is 24.3 Å². The molecular formula is C33H37F3N2O8S. The molecule has 0 N–H and O–H groups in total. The van der Waals surface area contributed by atoms with E-state index in [1.54, 1.807) is 12.0 Å². The number of carbonyl (C=O) groups is 1. The molecule has 47 heavy (non-hydrogen) atoms. The molecule has 2 aliphatic heterocycles. The number of carbonyl (C=O) groups excluding carboxylic acids is 1. The van der Waals surface area contributed by atoms with E-state index in [4.69, 9.17) is 18.9 Å². The molecule has 0 radical (unpaired) electrons. The molecule has 1 fully saturated rings. The molecule has 0 saturated carbocycles. The number of ether oxygens (including phenoxy) is 4. The summed E-state index contributed by atoms with van der Waals surface area (Å²) in [4.78, 5) is 16.9. The van der Waals surface area contributed by atoms with Crippen LogP contribution in [0.4, 0.5) is 23.7 Å². The van der Waals surface area contributed by atoms with Gasteiger partial charge in [-0.05, 0) is 53.8 Å². The number of fused-ring (bicyclic) bond motifs is 1. The number of benzene rings is 3. The second-order valence-electron chi connectivity index (χ2n) is 11.3. The standard InChI is InChI=1S/C33H37F3N2O8S/c1-42-18-5-15-37-17-19-43-30-13-8-25(20-29(30)37)23-44-31-21-38(32(39)45-22-24-6-3-2-4-7-24)16-14-28(31)26-9-11-27(12-10-26)46-47(40,41)33(34,35)36/h2-4,6-13,20,28,31H,5,14-19,21-23H2,1H3. The van der Waals surface area contributed by atoms with Gasteiger partial charge >= 0.3 is 21.7 Å². The molecule has 1 amide bonds. The smallest absolute Gasteiger partial charge is 0.490 e. The fourth-order valence-electron chi connectivity index (χ4n) is 5.63. The quantitative estimate of drug-likeness (QED) is 0.132. The Balaban J connectivity index is 1.31. The maximum atomic E-state index is 13.1. The Morgan fingerprint density at radius 2 is 1.74 bits per heavy atom. The van der Waals surface area contributed by atoms with Crippen LogP contribution in [0.1, 0.15) is 35.4 Å². The fourth-order valence-corrected chi connectivity index (χ4v) is 6.09. The van der Waals surface area contributed by atoms with Crippen LogP contribution in [-0.4, -0.2) is 77.5 Å². The van der Waals surface area contributed by atoms with E-state index in [0.717, 1.165) is 42.1 Å². The van der Waals surface area contributed by atoms with E-state index in [2.05, 4.69) is 9.08 Å². The monoisotopic (exact) mass is 678 g/mol. The zero-order valence-electron chi connectivity index (χ0n) is 25.9. The Kier molecular flexibility index (Phi) is 11.1. The Labute approximate surface area is 272 Å². The molecule has 5 rings (SSSR count). The molecule has 14 heteroatoms. The van der Waals surface area contributed by atoms with E-state index in [1.807, 2.05) is 48.5 Å². The van der Waals surface area contributed by atoms with Crippen LogP contribution in [0, 0.1) is 0 Å². The van der Waals surface area contributed by atoms with Gasteiger partial charge in [0, 0.05) is 32.7 Å². The summed E-state index contributed by atoms with van der Waals surface area (Å²) < 4.78 is 88.7. The van der Waals surface area contributed by atoms with Gasteiger partial charge in [-0.2, -0.15) is 21.6 Å². The summed E-state index contributed by atoms with van der Waals surface area (Å²) in [6, 6.07) is 20.6. The number of anilines is 1. The molecule has 3 aromatic rings. The predicted molar refractivity (Wildman–Crippen MR) is 167 cm³/mol. The second-order valence-corrected chi connectivity index (χ2v) is 12.8. The van der Waals surface area contributed by atoms with E-state index in [9.17, 15) is 26.4 Å². The lowest BCUT2D eigenvalue weighted by atomic mass is 9.87. The number of piperidine rings is 1. The summed E-state index contributed by atoms with van der Waals surface area (Å²) >= 11 is 0. The Bertz CT molecular complexity index is 1590. The van der Waals surface area contributed by atoms with Crippen LogP contribution in [0.2, 0.25) is 0 Å². The zero-order chi connectivity index (χ0) is 33.4. The van der Waals surface area contributed by atoms with Crippen molar-refractivity contribution in [3.05, 3.63) is 89.5 Å². The third-order valence-corrected chi connectivity index (χ3v) is 9.02. The minimum absolute atomic E-state index is 0.117. The molecule has 2 aliphatic rings. The Hall–Kier alpha value is -4.01. The van der Waals surface area contributed by atoms with Crippen molar-refractivity contribution < 1.29 is 49.5 Å². The maximum absolute atomic E-state index is 13.1. The topological polar surface area (TPSA) is 104 Å². The number of rotatable bonds is 12. The number of likely N-dealkylation sites (tertiary alicyclic amines) is 1. The highest BCUT2D eigenvalue weighted by molar-refractivity contribution is 7.88. The number of hydrogen-bond donors (Lipinski definition) is 0. The summed E-state index contributed by atoms with van der Waals surface area (Å²) in [5.74, 6) is 0.0693. The minimum Gasteiger partial charge on any atom is -0.490 e. The number of alkyl halides is 3. The maximum Gasteiger partial charge on any atom is 0.534 e. The number of halogens is 3. The molecule has 254 valence electrons. The molecule has 0 bridgehead atoms. The lowest BCUT2D eigenvalue weighted by molar-refractivity contribution is -0.0500. The summed E-state index contributed by atoms with van der Waals surface area (Å²) in [7, 11) is -4.13. The van der Waals surface area contributed by atoms with Gasteiger partial charge in [-0.3, -0.25) is 0 Å². The van der Waals surface area contributed by atoms with Gasteiger partial charge in [-0.25, -0.2) is 4.79 Å². The van der Waals surface area contributed by atoms with Crippen LogP contribution >= 0.6 is 0 Å². The molecule has 2 heterocycles. The molecule has 0 aromatic heterocycles.